The van der Waals surface area contributed by atoms with Crippen molar-refractivity contribution in [1.29, 1.82) is 5.26 Å². The third-order valence-electron chi connectivity index (χ3n) is 3.18. The molecule has 0 aliphatic rings. The first-order chi connectivity index (χ1) is 10.8. The first-order valence-corrected chi connectivity index (χ1v) is 7.46. The van der Waals surface area contributed by atoms with Crippen LogP contribution in [0, 0.1) is 18.3 Å². The lowest BCUT2D eigenvalue weighted by Crippen LogP contribution is -2.24. The van der Waals surface area contributed by atoms with Crippen molar-refractivity contribution in [2.75, 3.05) is 0 Å². The minimum Gasteiger partial charge on any atom is -0.460 e. The van der Waals surface area contributed by atoms with E-state index in [0.717, 1.165) is 22.4 Å². The lowest BCUT2D eigenvalue weighted by Gasteiger charge is -2.19. The van der Waals surface area contributed by atoms with Gasteiger partial charge in [-0.25, -0.2) is 0 Å². The number of nitriles is 1. The zero-order chi connectivity index (χ0) is 17.0. The van der Waals surface area contributed by atoms with E-state index in [1.165, 1.54) is 0 Å². The fraction of sp³-hybridized carbons (Fsp3) is 0.316. The number of hydrogen-bond donors (Lipinski definition) is 0. The Balaban J connectivity index is 2.27. The Morgan fingerprint density at radius 2 is 2.00 bits per heavy atom. The van der Waals surface area contributed by atoms with Crippen LogP contribution in [0.15, 0.2) is 36.5 Å². The number of hydrogen-bond acceptors (Lipinski definition) is 4. The number of carbonyl (C=O) groups is 1. The molecule has 1 aromatic heterocycles. The fourth-order valence-electron chi connectivity index (χ4n) is 2.30. The van der Waals surface area contributed by atoms with Gasteiger partial charge in [-0.05, 0) is 62.6 Å². The Morgan fingerprint density at radius 1 is 1.26 bits per heavy atom. The molecule has 0 aliphatic heterocycles. The highest BCUT2D eigenvalue weighted by molar-refractivity contribution is 5.75. The molecular formula is C19H20N2O2. The number of benzene rings is 1. The summed E-state index contributed by atoms with van der Waals surface area (Å²) >= 11 is 0. The summed E-state index contributed by atoms with van der Waals surface area (Å²) in [7, 11) is 0. The second kappa shape index (κ2) is 6.62. The zero-order valence-electron chi connectivity index (χ0n) is 13.9. The molecule has 0 atom stereocenters. The number of pyridine rings is 1. The summed E-state index contributed by atoms with van der Waals surface area (Å²) in [4.78, 5) is 16.1. The first kappa shape index (κ1) is 16.7. The molecule has 0 amide bonds. The molecule has 1 heterocycles. The summed E-state index contributed by atoms with van der Waals surface area (Å²) in [5, 5.41) is 9.41. The van der Waals surface area contributed by atoms with Crippen LogP contribution in [-0.4, -0.2) is 16.6 Å². The van der Waals surface area contributed by atoms with Gasteiger partial charge in [-0.2, -0.15) is 5.26 Å². The molecule has 0 spiro atoms. The molecule has 4 heteroatoms. The van der Waals surface area contributed by atoms with Crippen molar-refractivity contribution in [3.8, 4) is 17.2 Å². The van der Waals surface area contributed by atoms with Crippen LogP contribution >= 0.6 is 0 Å². The van der Waals surface area contributed by atoms with E-state index in [1.54, 1.807) is 12.3 Å². The Kier molecular flexibility index (Phi) is 4.80. The highest BCUT2D eigenvalue weighted by atomic mass is 16.6. The number of aryl methyl sites for hydroxylation is 1. The van der Waals surface area contributed by atoms with Crippen LogP contribution in [0.3, 0.4) is 0 Å². The second-order valence-electron chi connectivity index (χ2n) is 6.44. The van der Waals surface area contributed by atoms with Gasteiger partial charge in [0, 0.05) is 11.9 Å². The Bertz CT molecular complexity index is 768. The molecule has 0 saturated heterocycles. The van der Waals surface area contributed by atoms with Crippen LogP contribution < -0.4 is 0 Å². The number of carbonyl (C=O) groups excluding carboxylic acids is 1. The lowest BCUT2D eigenvalue weighted by molar-refractivity contribution is -0.153. The van der Waals surface area contributed by atoms with Gasteiger partial charge in [-0.15, -0.1) is 0 Å². The van der Waals surface area contributed by atoms with Crippen LogP contribution in [0.4, 0.5) is 0 Å². The maximum Gasteiger partial charge on any atom is 0.310 e. The molecule has 4 nitrogen and oxygen atoms in total. The van der Waals surface area contributed by atoms with Gasteiger partial charge in [0.1, 0.15) is 5.60 Å². The lowest BCUT2D eigenvalue weighted by atomic mass is 9.97. The van der Waals surface area contributed by atoms with E-state index in [9.17, 15) is 10.1 Å². The number of ether oxygens (including phenoxy) is 1. The summed E-state index contributed by atoms with van der Waals surface area (Å²) in [6.45, 7) is 7.41. The maximum absolute atomic E-state index is 11.9. The van der Waals surface area contributed by atoms with Crippen LogP contribution in [0.25, 0.3) is 11.1 Å². The summed E-state index contributed by atoms with van der Waals surface area (Å²) in [6.07, 6.45) is 1.88. The molecule has 2 aromatic rings. The predicted octanol–water partition coefficient (Wildman–Crippen LogP) is 3.81. The SMILES string of the molecule is Cc1cc(-c2ccc(CC(=O)OC(C)(C)C)cc2C#N)ccn1. The number of aromatic nitrogens is 1. The van der Waals surface area contributed by atoms with E-state index in [-0.39, 0.29) is 12.4 Å². The van der Waals surface area contributed by atoms with Gasteiger partial charge >= 0.3 is 5.97 Å². The van der Waals surface area contributed by atoms with Crippen LogP contribution in [0.1, 0.15) is 37.6 Å². The third-order valence-corrected chi connectivity index (χ3v) is 3.18. The predicted molar refractivity (Wildman–Crippen MR) is 88.7 cm³/mol. The van der Waals surface area contributed by atoms with Gasteiger partial charge < -0.3 is 4.74 Å². The molecule has 0 bridgehead atoms. The van der Waals surface area contributed by atoms with Crippen molar-refractivity contribution in [2.24, 2.45) is 0 Å². The summed E-state index contributed by atoms with van der Waals surface area (Å²) in [5.41, 5.74) is 3.47. The summed E-state index contributed by atoms with van der Waals surface area (Å²) in [5.74, 6) is -0.297. The Hall–Kier alpha value is -2.67. The standard InChI is InChI=1S/C19H20N2O2/c1-13-9-15(7-8-21-13)17-6-5-14(10-16(17)12-20)11-18(22)23-19(2,3)4/h5-10H,11H2,1-4H3. The van der Waals surface area contributed by atoms with E-state index in [1.807, 2.05) is 52.0 Å². The van der Waals surface area contributed by atoms with E-state index >= 15 is 0 Å². The van der Waals surface area contributed by atoms with E-state index in [2.05, 4.69) is 11.1 Å². The van der Waals surface area contributed by atoms with Crippen molar-refractivity contribution in [3.63, 3.8) is 0 Å². The van der Waals surface area contributed by atoms with Gasteiger partial charge in [0.15, 0.2) is 0 Å². The van der Waals surface area contributed by atoms with E-state index in [4.69, 9.17) is 4.74 Å². The minimum atomic E-state index is -0.510. The second-order valence-corrected chi connectivity index (χ2v) is 6.44. The monoisotopic (exact) mass is 308 g/mol. The highest BCUT2D eigenvalue weighted by Crippen LogP contribution is 2.25. The molecular weight excluding hydrogens is 288 g/mol. The topological polar surface area (TPSA) is 63.0 Å². The molecule has 0 saturated carbocycles. The molecule has 0 fully saturated rings. The average molecular weight is 308 g/mol. The average Bonchev–Trinajstić information content (AvgIpc) is 2.45. The molecule has 0 unspecified atom stereocenters. The van der Waals surface area contributed by atoms with Gasteiger partial charge in [0.05, 0.1) is 18.1 Å². The van der Waals surface area contributed by atoms with E-state index < -0.39 is 5.60 Å². The molecule has 23 heavy (non-hydrogen) atoms. The Labute approximate surface area is 136 Å². The van der Waals surface area contributed by atoms with Crippen LogP contribution in [0.2, 0.25) is 0 Å². The smallest absolute Gasteiger partial charge is 0.310 e. The van der Waals surface area contributed by atoms with Crippen molar-refractivity contribution < 1.29 is 9.53 Å². The summed E-state index contributed by atoms with van der Waals surface area (Å²) < 4.78 is 5.32. The molecule has 2 rings (SSSR count). The minimum absolute atomic E-state index is 0.154. The third kappa shape index (κ3) is 4.65. The fourth-order valence-corrected chi connectivity index (χ4v) is 2.30. The van der Waals surface area contributed by atoms with Gasteiger partial charge in [0.25, 0.3) is 0 Å². The highest BCUT2D eigenvalue weighted by Gasteiger charge is 2.17. The molecule has 0 radical (unpaired) electrons. The van der Waals surface area contributed by atoms with Crippen LogP contribution in [0.5, 0.6) is 0 Å². The molecule has 0 N–H and O–H groups in total. The summed E-state index contributed by atoms with van der Waals surface area (Å²) in [6, 6.07) is 11.5. The van der Waals surface area contributed by atoms with Gasteiger partial charge in [-0.3, -0.25) is 9.78 Å². The van der Waals surface area contributed by atoms with Crippen molar-refractivity contribution in [1.82, 2.24) is 4.98 Å². The van der Waals surface area contributed by atoms with Gasteiger partial charge in [-0.1, -0.05) is 12.1 Å². The first-order valence-electron chi connectivity index (χ1n) is 7.46. The largest absolute Gasteiger partial charge is 0.460 e. The van der Waals surface area contributed by atoms with Crippen molar-refractivity contribution >= 4 is 5.97 Å². The number of nitrogens with zero attached hydrogens (tertiary/aromatic N) is 2. The number of esters is 1. The molecule has 0 aliphatic carbocycles. The maximum atomic E-state index is 11.9. The van der Waals surface area contributed by atoms with Crippen molar-refractivity contribution in [2.45, 2.75) is 39.7 Å². The van der Waals surface area contributed by atoms with Crippen LogP contribution in [-0.2, 0) is 16.0 Å². The van der Waals surface area contributed by atoms with Gasteiger partial charge in [0.2, 0.25) is 0 Å². The normalized spacial score (nSPS) is 10.9. The zero-order valence-corrected chi connectivity index (χ0v) is 13.9. The molecule has 1 aromatic carbocycles. The molecule has 118 valence electrons. The number of rotatable bonds is 3. The Morgan fingerprint density at radius 3 is 2.61 bits per heavy atom. The van der Waals surface area contributed by atoms with Crippen molar-refractivity contribution in [3.05, 3.63) is 53.3 Å². The van der Waals surface area contributed by atoms with E-state index in [0.29, 0.717) is 5.56 Å². The quantitative estimate of drug-likeness (QED) is 0.809.